The second-order valence-electron chi connectivity index (χ2n) is 9.10. The van der Waals surface area contributed by atoms with Crippen molar-refractivity contribution in [3.8, 4) is 11.5 Å². The minimum atomic E-state index is -0.155. The lowest BCUT2D eigenvalue weighted by Crippen LogP contribution is -2.45. The van der Waals surface area contributed by atoms with Crippen molar-refractivity contribution < 1.29 is 19.1 Å². The Kier molecular flexibility index (Phi) is 11.1. The number of nitrogens with one attached hydrogen (secondary N) is 1. The van der Waals surface area contributed by atoms with Crippen LogP contribution < -0.4 is 14.8 Å². The van der Waals surface area contributed by atoms with Crippen LogP contribution >= 0.6 is 0 Å². The molecule has 36 heavy (non-hydrogen) atoms. The molecule has 0 radical (unpaired) electrons. The summed E-state index contributed by atoms with van der Waals surface area (Å²) < 4.78 is 11.6. The van der Waals surface area contributed by atoms with Crippen molar-refractivity contribution >= 4 is 11.8 Å². The first-order valence-corrected chi connectivity index (χ1v) is 13.3. The number of piperidine rings is 1. The number of carbonyl (C=O) groups is 2. The van der Waals surface area contributed by atoms with Crippen molar-refractivity contribution in [1.82, 2.24) is 15.1 Å². The molecule has 1 aliphatic heterocycles. The average Bonchev–Trinajstić information content (AvgIpc) is 2.92. The van der Waals surface area contributed by atoms with Gasteiger partial charge in [0.2, 0.25) is 0 Å². The molecule has 0 aliphatic carbocycles. The molecule has 2 aromatic carbocycles. The normalized spacial score (nSPS) is 14.4. The first kappa shape index (κ1) is 27.5. The Morgan fingerprint density at radius 3 is 2.33 bits per heavy atom. The molecule has 1 heterocycles. The van der Waals surface area contributed by atoms with E-state index in [0.717, 1.165) is 45.4 Å². The molecule has 7 nitrogen and oxygen atoms in total. The molecule has 196 valence electrons. The van der Waals surface area contributed by atoms with Crippen LogP contribution in [0.3, 0.4) is 0 Å². The number of carbonyl (C=O) groups excluding carboxylic acids is 2. The zero-order valence-electron chi connectivity index (χ0n) is 22.0. The highest BCUT2D eigenvalue weighted by Gasteiger charge is 2.20. The van der Waals surface area contributed by atoms with Crippen LogP contribution in [0.25, 0.3) is 0 Å². The lowest BCUT2D eigenvalue weighted by molar-refractivity contribution is -0.134. The van der Waals surface area contributed by atoms with E-state index in [0.29, 0.717) is 30.2 Å². The van der Waals surface area contributed by atoms with Gasteiger partial charge in [0.15, 0.2) is 18.1 Å². The molecule has 1 saturated heterocycles. The van der Waals surface area contributed by atoms with Crippen LogP contribution in [0.1, 0.15) is 56.0 Å². The maximum absolute atomic E-state index is 13.1. The maximum atomic E-state index is 13.1. The van der Waals surface area contributed by atoms with Gasteiger partial charge in [0, 0.05) is 31.2 Å². The van der Waals surface area contributed by atoms with Gasteiger partial charge in [-0.05, 0) is 69.5 Å². The fourth-order valence-corrected chi connectivity index (χ4v) is 4.68. The monoisotopic (exact) mass is 495 g/mol. The summed E-state index contributed by atoms with van der Waals surface area (Å²) in [5.74, 6) is 0.780. The van der Waals surface area contributed by atoms with E-state index in [1.54, 1.807) is 18.2 Å². The van der Waals surface area contributed by atoms with Gasteiger partial charge in [-0.1, -0.05) is 44.2 Å². The molecule has 3 rings (SSSR count). The molecular formula is C29H41N3O4. The quantitative estimate of drug-likeness (QED) is 0.452. The third-order valence-electron chi connectivity index (χ3n) is 6.71. The molecule has 2 aromatic rings. The van der Waals surface area contributed by atoms with Crippen LogP contribution in [0, 0.1) is 0 Å². The van der Waals surface area contributed by atoms with Crippen LogP contribution in [-0.4, -0.2) is 73.6 Å². The summed E-state index contributed by atoms with van der Waals surface area (Å²) in [7, 11) is 0. The Hall–Kier alpha value is -3.06. The number of rotatable bonds is 13. The highest BCUT2D eigenvalue weighted by molar-refractivity contribution is 5.95. The van der Waals surface area contributed by atoms with Gasteiger partial charge in [-0.25, -0.2) is 0 Å². The van der Waals surface area contributed by atoms with Crippen molar-refractivity contribution in [2.45, 2.75) is 52.5 Å². The topological polar surface area (TPSA) is 71.1 Å². The number of likely N-dealkylation sites (N-methyl/N-ethyl adjacent to an activating group) is 1. The fourth-order valence-electron chi connectivity index (χ4n) is 4.68. The third kappa shape index (κ3) is 7.98. The van der Waals surface area contributed by atoms with E-state index in [2.05, 4.69) is 36.2 Å². The second-order valence-corrected chi connectivity index (χ2v) is 9.10. The molecule has 0 bridgehead atoms. The fraction of sp³-hybridized carbons (Fsp3) is 0.517. The zero-order chi connectivity index (χ0) is 25.8. The van der Waals surface area contributed by atoms with Gasteiger partial charge < -0.3 is 19.7 Å². The molecule has 1 unspecified atom stereocenters. The maximum Gasteiger partial charge on any atom is 0.260 e. The Labute approximate surface area is 215 Å². The van der Waals surface area contributed by atoms with Crippen molar-refractivity contribution in [3.63, 3.8) is 0 Å². The molecule has 2 amide bonds. The van der Waals surface area contributed by atoms with E-state index in [9.17, 15) is 9.59 Å². The number of benzene rings is 2. The molecule has 7 heteroatoms. The number of nitrogens with zero attached hydrogens (tertiary/aromatic N) is 2. The summed E-state index contributed by atoms with van der Waals surface area (Å²) in [6.45, 7) is 10.5. The predicted octanol–water partition coefficient (Wildman–Crippen LogP) is 4.16. The molecule has 1 atom stereocenters. The van der Waals surface area contributed by atoms with Gasteiger partial charge in [-0.2, -0.15) is 0 Å². The number of amides is 2. The van der Waals surface area contributed by atoms with Crippen LogP contribution in [0.15, 0.2) is 48.5 Å². The third-order valence-corrected chi connectivity index (χ3v) is 6.71. The summed E-state index contributed by atoms with van der Waals surface area (Å²) in [6.07, 6.45) is 4.12. The molecule has 1 N–H and O–H groups in total. The lowest BCUT2D eigenvalue weighted by atomic mass is 10.0. The lowest BCUT2D eigenvalue weighted by Gasteiger charge is -2.30. The highest BCUT2D eigenvalue weighted by Crippen LogP contribution is 2.29. The molecular weight excluding hydrogens is 454 g/mol. The Balaban J connectivity index is 1.63. The number of hydrogen-bond acceptors (Lipinski definition) is 5. The van der Waals surface area contributed by atoms with Gasteiger partial charge in [-0.3, -0.25) is 14.5 Å². The standard InChI is InChI=1S/C29H41N3O4/c1-4-31(5-2)25(19-23-13-9-7-10-14-23)21-30-29(34)24-15-16-26(27(20-24)35-6-3)36-22-28(33)32-17-11-8-12-18-32/h7,9-10,13-16,20,25H,4-6,8,11-12,17-19,21-22H2,1-3H3,(H,30,34). The van der Waals surface area contributed by atoms with Crippen LogP contribution in [0.4, 0.5) is 0 Å². The summed E-state index contributed by atoms with van der Waals surface area (Å²) >= 11 is 0. The second kappa shape index (κ2) is 14.5. The van der Waals surface area contributed by atoms with E-state index >= 15 is 0 Å². The first-order valence-electron chi connectivity index (χ1n) is 13.3. The summed E-state index contributed by atoms with van der Waals surface area (Å²) in [6, 6.07) is 15.7. The van der Waals surface area contributed by atoms with Gasteiger partial charge >= 0.3 is 0 Å². The van der Waals surface area contributed by atoms with E-state index in [1.807, 2.05) is 30.0 Å². The Morgan fingerprint density at radius 1 is 0.944 bits per heavy atom. The smallest absolute Gasteiger partial charge is 0.260 e. The number of hydrogen-bond donors (Lipinski definition) is 1. The minimum Gasteiger partial charge on any atom is -0.490 e. The zero-order valence-corrected chi connectivity index (χ0v) is 22.0. The van der Waals surface area contributed by atoms with E-state index in [1.165, 1.54) is 12.0 Å². The van der Waals surface area contributed by atoms with Crippen LogP contribution in [-0.2, 0) is 11.2 Å². The number of likely N-dealkylation sites (tertiary alicyclic amines) is 1. The Morgan fingerprint density at radius 2 is 1.67 bits per heavy atom. The van der Waals surface area contributed by atoms with Crippen LogP contribution in [0.5, 0.6) is 11.5 Å². The average molecular weight is 496 g/mol. The summed E-state index contributed by atoms with van der Waals surface area (Å²) in [5.41, 5.74) is 1.76. The molecule has 1 fully saturated rings. The predicted molar refractivity (Wildman–Crippen MR) is 143 cm³/mol. The van der Waals surface area contributed by atoms with E-state index < -0.39 is 0 Å². The molecule has 0 saturated carbocycles. The largest absolute Gasteiger partial charge is 0.490 e. The van der Waals surface area contributed by atoms with Crippen molar-refractivity contribution in [2.24, 2.45) is 0 Å². The molecule has 0 aromatic heterocycles. The van der Waals surface area contributed by atoms with Crippen molar-refractivity contribution in [1.29, 1.82) is 0 Å². The summed E-state index contributed by atoms with van der Waals surface area (Å²) in [4.78, 5) is 29.8. The van der Waals surface area contributed by atoms with E-state index in [4.69, 9.17) is 9.47 Å². The highest BCUT2D eigenvalue weighted by atomic mass is 16.5. The molecule has 0 spiro atoms. The van der Waals surface area contributed by atoms with Crippen molar-refractivity contribution in [2.75, 3.05) is 45.9 Å². The van der Waals surface area contributed by atoms with Gasteiger partial charge in [0.05, 0.1) is 6.61 Å². The summed E-state index contributed by atoms with van der Waals surface area (Å²) in [5, 5.41) is 3.11. The van der Waals surface area contributed by atoms with Gasteiger partial charge in [0.25, 0.3) is 11.8 Å². The minimum absolute atomic E-state index is 0.0140. The van der Waals surface area contributed by atoms with Gasteiger partial charge in [0.1, 0.15) is 0 Å². The van der Waals surface area contributed by atoms with E-state index in [-0.39, 0.29) is 24.5 Å². The van der Waals surface area contributed by atoms with Crippen molar-refractivity contribution in [3.05, 3.63) is 59.7 Å². The Bertz CT molecular complexity index is 956. The first-order chi connectivity index (χ1) is 17.5. The van der Waals surface area contributed by atoms with Crippen LogP contribution in [0.2, 0.25) is 0 Å². The molecule has 1 aliphatic rings. The van der Waals surface area contributed by atoms with Gasteiger partial charge in [-0.15, -0.1) is 0 Å². The SMILES string of the molecule is CCOc1cc(C(=O)NCC(Cc2ccccc2)N(CC)CC)ccc1OCC(=O)N1CCCCC1. The number of ether oxygens (including phenoxy) is 2.